The van der Waals surface area contributed by atoms with Crippen LogP contribution in [0.15, 0.2) is 48.8 Å². The number of rotatable bonds is 5. The highest BCUT2D eigenvalue weighted by atomic mass is 19.1. The molecule has 0 atom stereocenters. The van der Waals surface area contributed by atoms with Gasteiger partial charge in [0.05, 0.1) is 23.2 Å². The van der Waals surface area contributed by atoms with E-state index in [0.717, 1.165) is 28.4 Å². The summed E-state index contributed by atoms with van der Waals surface area (Å²) in [5.41, 5.74) is 3.71. The topological polar surface area (TPSA) is 69.0 Å². The Hall–Kier alpha value is -3.81. The van der Waals surface area contributed by atoms with Gasteiger partial charge in [0.25, 0.3) is 0 Å². The molecule has 0 unspecified atom stereocenters. The Morgan fingerprint density at radius 3 is 2.39 bits per heavy atom. The molecule has 0 spiro atoms. The standard InChI is InChI=1S/C23H20F2N4O2/c1-4-31-23(30)15-5-7-18(8-6-15)28-21-20-13(2)14(3)29(22(20)27-12-26-21)19-10-16(24)9-17(25)11-19/h5-12H,4H2,1-3H3,(H,26,27,28). The van der Waals surface area contributed by atoms with Gasteiger partial charge in [-0.25, -0.2) is 23.5 Å². The van der Waals surface area contributed by atoms with Gasteiger partial charge < -0.3 is 10.1 Å². The van der Waals surface area contributed by atoms with Crippen LogP contribution in [0.25, 0.3) is 16.7 Å². The van der Waals surface area contributed by atoms with Crippen molar-refractivity contribution < 1.29 is 18.3 Å². The van der Waals surface area contributed by atoms with Gasteiger partial charge in [0, 0.05) is 17.4 Å². The fraction of sp³-hybridized carbons (Fsp3) is 0.174. The molecule has 1 N–H and O–H groups in total. The SMILES string of the molecule is CCOC(=O)c1ccc(Nc2ncnc3c2c(C)c(C)n3-c2cc(F)cc(F)c2)cc1. The molecule has 8 heteroatoms. The lowest BCUT2D eigenvalue weighted by atomic mass is 10.2. The van der Waals surface area contributed by atoms with E-state index in [1.54, 1.807) is 35.8 Å². The molecule has 4 rings (SSSR count). The van der Waals surface area contributed by atoms with Crippen LogP contribution in [-0.2, 0) is 4.74 Å². The van der Waals surface area contributed by atoms with Crippen molar-refractivity contribution in [2.75, 3.05) is 11.9 Å². The van der Waals surface area contributed by atoms with Gasteiger partial charge in [-0.15, -0.1) is 0 Å². The van der Waals surface area contributed by atoms with E-state index in [1.807, 2.05) is 13.8 Å². The number of anilines is 2. The second kappa shape index (κ2) is 8.14. The number of hydrogen-bond acceptors (Lipinski definition) is 5. The first-order chi connectivity index (χ1) is 14.9. The van der Waals surface area contributed by atoms with E-state index in [2.05, 4.69) is 15.3 Å². The van der Waals surface area contributed by atoms with Crippen molar-refractivity contribution in [3.05, 3.63) is 77.2 Å². The third-order valence-electron chi connectivity index (χ3n) is 5.06. The molecule has 0 bridgehead atoms. The summed E-state index contributed by atoms with van der Waals surface area (Å²) in [6, 6.07) is 10.2. The smallest absolute Gasteiger partial charge is 0.338 e. The number of carbonyl (C=O) groups is 1. The molecule has 2 heterocycles. The van der Waals surface area contributed by atoms with Crippen LogP contribution in [-0.4, -0.2) is 27.1 Å². The number of carbonyl (C=O) groups excluding carboxylic acids is 1. The van der Waals surface area contributed by atoms with Crippen LogP contribution in [0.1, 0.15) is 28.5 Å². The Morgan fingerprint density at radius 1 is 1.06 bits per heavy atom. The van der Waals surface area contributed by atoms with Crippen LogP contribution >= 0.6 is 0 Å². The lowest BCUT2D eigenvalue weighted by molar-refractivity contribution is 0.0526. The summed E-state index contributed by atoms with van der Waals surface area (Å²) in [5.74, 6) is -1.17. The number of halogens is 2. The maximum Gasteiger partial charge on any atom is 0.338 e. The average Bonchev–Trinajstić information content (AvgIpc) is 2.99. The van der Waals surface area contributed by atoms with Gasteiger partial charge in [-0.3, -0.25) is 4.57 Å². The van der Waals surface area contributed by atoms with E-state index in [9.17, 15) is 13.6 Å². The van der Waals surface area contributed by atoms with Crippen molar-refractivity contribution in [3.8, 4) is 5.69 Å². The Kier molecular flexibility index (Phi) is 5.37. The maximum absolute atomic E-state index is 13.8. The van der Waals surface area contributed by atoms with E-state index in [1.165, 1.54) is 18.5 Å². The Morgan fingerprint density at radius 2 is 1.74 bits per heavy atom. The number of aromatic nitrogens is 3. The van der Waals surface area contributed by atoms with Crippen molar-refractivity contribution in [3.63, 3.8) is 0 Å². The van der Waals surface area contributed by atoms with Crippen molar-refractivity contribution >= 4 is 28.5 Å². The lowest BCUT2D eigenvalue weighted by Crippen LogP contribution is -2.04. The number of nitrogens with zero attached hydrogens (tertiary/aromatic N) is 3. The first-order valence-electron chi connectivity index (χ1n) is 9.72. The first-order valence-corrected chi connectivity index (χ1v) is 9.72. The second-order valence-corrected chi connectivity index (χ2v) is 7.02. The number of nitrogens with one attached hydrogen (secondary N) is 1. The summed E-state index contributed by atoms with van der Waals surface area (Å²) in [6.07, 6.45) is 1.39. The van der Waals surface area contributed by atoms with Crippen molar-refractivity contribution in [1.82, 2.24) is 14.5 Å². The summed E-state index contributed by atoms with van der Waals surface area (Å²) in [7, 11) is 0. The van der Waals surface area contributed by atoms with Gasteiger partial charge in [-0.2, -0.15) is 0 Å². The summed E-state index contributed by atoms with van der Waals surface area (Å²) in [5, 5.41) is 3.97. The van der Waals surface area contributed by atoms with Crippen LogP contribution in [0, 0.1) is 25.5 Å². The van der Waals surface area contributed by atoms with Gasteiger partial charge >= 0.3 is 5.97 Å². The number of benzene rings is 2. The molecule has 0 saturated heterocycles. The molecular formula is C23H20F2N4O2. The molecular weight excluding hydrogens is 402 g/mol. The normalized spacial score (nSPS) is 11.0. The fourth-order valence-corrected chi connectivity index (χ4v) is 3.52. The van der Waals surface area contributed by atoms with Gasteiger partial charge in [0.2, 0.25) is 0 Å². The summed E-state index contributed by atoms with van der Waals surface area (Å²) in [4.78, 5) is 20.6. The zero-order valence-corrected chi connectivity index (χ0v) is 17.2. The summed E-state index contributed by atoms with van der Waals surface area (Å²) in [6.45, 7) is 5.82. The minimum Gasteiger partial charge on any atom is -0.462 e. The van der Waals surface area contributed by atoms with Gasteiger partial charge in [-0.05, 0) is 62.7 Å². The van der Waals surface area contributed by atoms with E-state index < -0.39 is 11.6 Å². The van der Waals surface area contributed by atoms with Crippen LogP contribution < -0.4 is 5.32 Å². The van der Waals surface area contributed by atoms with Crippen LogP contribution in [0.4, 0.5) is 20.3 Å². The van der Waals surface area contributed by atoms with E-state index in [4.69, 9.17) is 4.74 Å². The van der Waals surface area contributed by atoms with Crippen molar-refractivity contribution in [1.29, 1.82) is 0 Å². The second-order valence-electron chi connectivity index (χ2n) is 7.02. The summed E-state index contributed by atoms with van der Waals surface area (Å²) >= 11 is 0. The molecule has 0 aliphatic carbocycles. The largest absolute Gasteiger partial charge is 0.462 e. The number of ether oxygens (including phenoxy) is 1. The molecule has 0 aliphatic heterocycles. The third kappa shape index (κ3) is 3.84. The molecule has 0 radical (unpaired) electrons. The highest BCUT2D eigenvalue weighted by Crippen LogP contribution is 2.33. The summed E-state index contributed by atoms with van der Waals surface area (Å²) < 4.78 is 34.4. The van der Waals surface area contributed by atoms with Gasteiger partial charge in [0.1, 0.15) is 23.8 Å². The minimum atomic E-state index is -0.664. The first kappa shape index (κ1) is 20.5. The Labute approximate surface area is 177 Å². The van der Waals surface area contributed by atoms with E-state index in [-0.39, 0.29) is 5.97 Å². The Bertz CT molecular complexity index is 1260. The maximum atomic E-state index is 13.8. The average molecular weight is 422 g/mol. The van der Waals surface area contributed by atoms with Crippen LogP contribution in [0.3, 0.4) is 0 Å². The zero-order valence-electron chi connectivity index (χ0n) is 17.2. The van der Waals surface area contributed by atoms with Crippen LogP contribution in [0.5, 0.6) is 0 Å². The molecule has 4 aromatic rings. The number of hydrogen-bond donors (Lipinski definition) is 1. The molecule has 0 fully saturated rings. The molecule has 0 aliphatic rings. The molecule has 2 aromatic heterocycles. The van der Waals surface area contributed by atoms with E-state index >= 15 is 0 Å². The van der Waals surface area contributed by atoms with Gasteiger partial charge in [0.15, 0.2) is 5.65 Å². The number of aryl methyl sites for hydroxylation is 1. The molecule has 0 saturated carbocycles. The van der Waals surface area contributed by atoms with Crippen molar-refractivity contribution in [2.24, 2.45) is 0 Å². The highest BCUT2D eigenvalue weighted by molar-refractivity contribution is 5.95. The number of fused-ring (bicyclic) bond motifs is 1. The van der Waals surface area contributed by atoms with E-state index in [0.29, 0.717) is 29.3 Å². The fourth-order valence-electron chi connectivity index (χ4n) is 3.52. The molecule has 31 heavy (non-hydrogen) atoms. The third-order valence-corrected chi connectivity index (χ3v) is 5.06. The quantitative estimate of drug-likeness (QED) is 0.446. The predicted octanol–water partition coefficient (Wildman–Crippen LogP) is 5.24. The predicted molar refractivity (Wildman–Crippen MR) is 114 cm³/mol. The molecule has 0 amide bonds. The van der Waals surface area contributed by atoms with Crippen LogP contribution in [0.2, 0.25) is 0 Å². The number of esters is 1. The zero-order chi connectivity index (χ0) is 22.1. The molecule has 6 nitrogen and oxygen atoms in total. The Balaban J connectivity index is 1.76. The van der Waals surface area contributed by atoms with Crippen molar-refractivity contribution in [2.45, 2.75) is 20.8 Å². The highest BCUT2D eigenvalue weighted by Gasteiger charge is 2.19. The lowest BCUT2D eigenvalue weighted by Gasteiger charge is -2.10. The molecule has 2 aromatic carbocycles. The minimum absolute atomic E-state index is 0.308. The molecule has 158 valence electrons. The monoisotopic (exact) mass is 422 g/mol. The van der Waals surface area contributed by atoms with Gasteiger partial charge in [-0.1, -0.05) is 0 Å².